The standard InChI is InChI=1S/C24H29N5OS/c30-22(25-15-10-18-28-16-8-3-9-17-28)19-31-24-27-26-23(20-11-4-1-5-12-20)29(24)21-13-6-2-7-14-21/h1-2,4-7,11-14H,3,8-10,15-19H2,(H,25,30). The minimum absolute atomic E-state index is 0.0347. The Hall–Kier alpha value is -2.64. The summed E-state index contributed by atoms with van der Waals surface area (Å²) in [5.41, 5.74) is 1.98. The van der Waals surface area contributed by atoms with Crippen LogP contribution >= 0.6 is 11.8 Å². The Bertz CT molecular complexity index is 955. The molecule has 1 fully saturated rings. The molecule has 1 saturated heterocycles. The number of rotatable bonds is 9. The molecule has 162 valence electrons. The summed E-state index contributed by atoms with van der Waals surface area (Å²) in [6.07, 6.45) is 4.95. The van der Waals surface area contributed by atoms with Crippen LogP contribution in [-0.4, -0.2) is 57.5 Å². The van der Waals surface area contributed by atoms with Crippen molar-refractivity contribution in [2.24, 2.45) is 0 Å². The van der Waals surface area contributed by atoms with Crippen LogP contribution in [0.5, 0.6) is 0 Å². The summed E-state index contributed by atoms with van der Waals surface area (Å²) in [6, 6.07) is 20.0. The molecule has 1 N–H and O–H groups in total. The Morgan fingerprint density at radius 2 is 1.65 bits per heavy atom. The van der Waals surface area contributed by atoms with E-state index in [4.69, 9.17) is 0 Å². The van der Waals surface area contributed by atoms with Crippen LogP contribution in [0.1, 0.15) is 25.7 Å². The molecule has 0 spiro atoms. The fraction of sp³-hybridized carbons (Fsp3) is 0.375. The van der Waals surface area contributed by atoms with Gasteiger partial charge in [0.2, 0.25) is 5.91 Å². The molecule has 0 unspecified atom stereocenters. The van der Waals surface area contributed by atoms with Gasteiger partial charge in [0.25, 0.3) is 0 Å². The predicted molar refractivity (Wildman–Crippen MR) is 125 cm³/mol. The largest absolute Gasteiger partial charge is 0.355 e. The highest BCUT2D eigenvalue weighted by Crippen LogP contribution is 2.27. The van der Waals surface area contributed by atoms with Gasteiger partial charge in [-0.25, -0.2) is 0 Å². The van der Waals surface area contributed by atoms with Crippen LogP contribution in [0.3, 0.4) is 0 Å². The van der Waals surface area contributed by atoms with Gasteiger partial charge < -0.3 is 10.2 Å². The van der Waals surface area contributed by atoms with Crippen LogP contribution in [0.15, 0.2) is 65.8 Å². The van der Waals surface area contributed by atoms with Gasteiger partial charge in [0.15, 0.2) is 11.0 Å². The van der Waals surface area contributed by atoms with Gasteiger partial charge in [0.1, 0.15) is 0 Å². The Morgan fingerprint density at radius 1 is 0.935 bits per heavy atom. The van der Waals surface area contributed by atoms with Crippen molar-refractivity contribution >= 4 is 17.7 Å². The van der Waals surface area contributed by atoms with Crippen molar-refractivity contribution in [1.82, 2.24) is 25.0 Å². The molecule has 1 amide bonds. The Labute approximate surface area is 188 Å². The topological polar surface area (TPSA) is 63.1 Å². The van der Waals surface area contributed by atoms with Crippen LogP contribution in [0.2, 0.25) is 0 Å². The lowest BCUT2D eigenvalue weighted by Gasteiger charge is -2.26. The minimum Gasteiger partial charge on any atom is -0.355 e. The zero-order chi connectivity index (χ0) is 21.3. The Kier molecular flexibility index (Phi) is 7.74. The second-order valence-electron chi connectivity index (χ2n) is 7.74. The quantitative estimate of drug-likeness (QED) is 0.406. The monoisotopic (exact) mass is 435 g/mol. The van der Waals surface area contributed by atoms with Crippen LogP contribution in [0.4, 0.5) is 0 Å². The molecule has 0 radical (unpaired) electrons. The number of thioether (sulfide) groups is 1. The van der Waals surface area contributed by atoms with E-state index in [1.807, 2.05) is 65.2 Å². The highest BCUT2D eigenvalue weighted by Gasteiger charge is 2.17. The fourth-order valence-electron chi connectivity index (χ4n) is 3.84. The first-order valence-corrected chi connectivity index (χ1v) is 12.0. The summed E-state index contributed by atoms with van der Waals surface area (Å²) >= 11 is 1.42. The number of likely N-dealkylation sites (tertiary alicyclic amines) is 1. The summed E-state index contributed by atoms with van der Waals surface area (Å²) < 4.78 is 2.02. The number of para-hydroxylation sites is 1. The number of nitrogens with zero attached hydrogens (tertiary/aromatic N) is 4. The summed E-state index contributed by atoms with van der Waals surface area (Å²) in [4.78, 5) is 14.9. The van der Waals surface area contributed by atoms with Crippen molar-refractivity contribution in [3.8, 4) is 17.1 Å². The van der Waals surface area contributed by atoms with Crippen molar-refractivity contribution in [2.45, 2.75) is 30.8 Å². The zero-order valence-corrected chi connectivity index (χ0v) is 18.6. The number of amides is 1. The first kappa shape index (κ1) is 21.6. The molecule has 3 aromatic rings. The number of hydrogen-bond donors (Lipinski definition) is 1. The maximum absolute atomic E-state index is 12.4. The molecule has 6 nitrogen and oxygen atoms in total. The summed E-state index contributed by atoms with van der Waals surface area (Å²) in [5, 5.41) is 12.6. The van der Waals surface area contributed by atoms with Crippen molar-refractivity contribution in [2.75, 3.05) is 31.9 Å². The van der Waals surface area contributed by atoms with E-state index in [0.717, 1.165) is 36.6 Å². The molecule has 4 rings (SSSR count). The molecule has 2 aromatic carbocycles. The molecule has 0 bridgehead atoms. The lowest BCUT2D eigenvalue weighted by atomic mass is 10.1. The Balaban J connectivity index is 1.36. The van der Waals surface area contributed by atoms with Gasteiger partial charge in [-0.1, -0.05) is 66.7 Å². The number of piperidine rings is 1. The van der Waals surface area contributed by atoms with E-state index < -0.39 is 0 Å². The number of carbonyl (C=O) groups is 1. The molecule has 0 aliphatic carbocycles. The van der Waals surface area contributed by atoms with Gasteiger partial charge in [0, 0.05) is 17.8 Å². The molecule has 31 heavy (non-hydrogen) atoms. The average molecular weight is 436 g/mol. The highest BCUT2D eigenvalue weighted by molar-refractivity contribution is 7.99. The van der Waals surface area contributed by atoms with Crippen molar-refractivity contribution in [3.05, 3.63) is 60.7 Å². The van der Waals surface area contributed by atoms with E-state index >= 15 is 0 Å². The molecule has 1 aliphatic rings. The van der Waals surface area contributed by atoms with E-state index in [0.29, 0.717) is 10.9 Å². The Morgan fingerprint density at radius 3 is 2.39 bits per heavy atom. The highest BCUT2D eigenvalue weighted by atomic mass is 32.2. The van der Waals surface area contributed by atoms with Crippen LogP contribution < -0.4 is 5.32 Å². The molecular formula is C24H29N5OS. The minimum atomic E-state index is 0.0347. The lowest BCUT2D eigenvalue weighted by Crippen LogP contribution is -2.33. The molecule has 1 aliphatic heterocycles. The van der Waals surface area contributed by atoms with Crippen molar-refractivity contribution in [1.29, 1.82) is 0 Å². The predicted octanol–water partition coefficient (Wildman–Crippen LogP) is 4.02. The third-order valence-electron chi connectivity index (χ3n) is 5.43. The smallest absolute Gasteiger partial charge is 0.230 e. The first-order chi connectivity index (χ1) is 15.3. The number of nitrogens with one attached hydrogen (secondary N) is 1. The fourth-order valence-corrected chi connectivity index (χ4v) is 4.62. The van der Waals surface area contributed by atoms with Crippen molar-refractivity contribution in [3.63, 3.8) is 0 Å². The van der Waals surface area contributed by atoms with Gasteiger partial charge in [-0.2, -0.15) is 0 Å². The molecular weight excluding hydrogens is 406 g/mol. The van der Waals surface area contributed by atoms with Gasteiger partial charge in [-0.15, -0.1) is 10.2 Å². The van der Waals surface area contributed by atoms with Gasteiger partial charge in [0.05, 0.1) is 5.75 Å². The lowest BCUT2D eigenvalue weighted by molar-refractivity contribution is -0.118. The molecule has 7 heteroatoms. The van der Waals surface area contributed by atoms with E-state index in [-0.39, 0.29) is 5.91 Å². The third kappa shape index (κ3) is 5.95. The first-order valence-electron chi connectivity index (χ1n) is 11.0. The van der Waals surface area contributed by atoms with Crippen molar-refractivity contribution < 1.29 is 4.79 Å². The van der Waals surface area contributed by atoms with Gasteiger partial charge >= 0.3 is 0 Å². The number of carbonyl (C=O) groups excluding carboxylic acids is 1. The SMILES string of the molecule is O=C(CSc1nnc(-c2ccccc2)n1-c1ccccc1)NCCCN1CCCCC1. The molecule has 1 aromatic heterocycles. The average Bonchev–Trinajstić information content (AvgIpc) is 3.26. The molecule has 0 saturated carbocycles. The van der Waals surface area contributed by atoms with Gasteiger partial charge in [-0.05, 0) is 51.0 Å². The molecule has 2 heterocycles. The van der Waals surface area contributed by atoms with E-state index in [2.05, 4.69) is 20.4 Å². The van der Waals surface area contributed by atoms with E-state index in [1.165, 1.54) is 44.1 Å². The number of hydrogen-bond acceptors (Lipinski definition) is 5. The van der Waals surface area contributed by atoms with Crippen LogP contribution in [-0.2, 0) is 4.79 Å². The number of aromatic nitrogens is 3. The summed E-state index contributed by atoms with van der Waals surface area (Å²) in [5.74, 6) is 1.13. The maximum atomic E-state index is 12.4. The van der Waals surface area contributed by atoms with Crippen LogP contribution in [0, 0.1) is 0 Å². The number of benzene rings is 2. The molecule has 0 atom stereocenters. The third-order valence-corrected chi connectivity index (χ3v) is 6.36. The van der Waals surface area contributed by atoms with E-state index in [1.54, 1.807) is 0 Å². The van der Waals surface area contributed by atoms with Gasteiger partial charge in [-0.3, -0.25) is 9.36 Å². The normalized spacial score (nSPS) is 14.5. The summed E-state index contributed by atoms with van der Waals surface area (Å²) in [7, 11) is 0. The second kappa shape index (κ2) is 11.1. The van der Waals surface area contributed by atoms with E-state index in [9.17, 15) is 4.79 Å². The zero-order valence-electron chi connectivity index (χ0n) is 17.7. The second-order valence-corrected chi connectivity index (χ2v) is 8.68. The maximum Gasteiger partial charge on any atom is 0.230 e. The van der Waals surface area contributed by atoms with Crippen LogP contribution in [0.25, 0.3) is 17.1 Å². The summed E-state index contributed by atoms with van der Waals surface area (Å²) in [6.45, 7) is 4.18.